The van der Waals surface area contributed by atoms with Crippen molar-refractivity contribution in [2.24, 2.45) is 5.41 Å². The molecule has 3 aromatic rings. The minimum Gasteiger partial charge on any atom is -0.343 e. The molecule has 2 N–H and O–H groups in total. The van der Waals surface area contributed by atoms with Crippen molar-refractivity contribution >= 4 is 23.4 Å². The Hall–Kier alpha value is -2.99. The molecule has 0 amide bonds. The first-order chi connectivity index (χ1) is 14.9. The second-order valence-corrected chi connectivity index (χ2v) is 9.92. The zero-order valence-electron chi connectivity index (χ0n) is 17.9. The quantitative estimate of drug-likeness (QED) is 0.567. The molecule has 158 valence electrons. The van der Waals surface area contributed by atoms with Crippen LogP contribution in [0, 0.1) is 5.41 Å². The van der Waals surface area contributed by atoms with Gasteiger partial charge in [0.2, 0.25) is 0 Å². The van der Waals surface area contributed by atoms with Crippen LogP contribution in [0.3, 0.4) is 0 Å². The number of carbonyl (C=O) groups excluding carboxylic acids is 1. The Labute approximate surface area is 185 Å². The van der Waals surface area contributed by atoms with Crippen LogP contribution in [0.2, 0.25) is 0 Å². The summed E-state index contributed by atoms with van der Waals surface area (Å²) in [5, 5.41) is 6.68. The van der Waals surface area contributed by atoms with Crippen LogP contribution in [0.5, 0.6) is 0 Å². The van der Waals surface area contributed by atoms with Crippen LogP contribution in [0.15, 0.2) is 75.6 Å². The summed E-state index contributed by atoms with van der Waals surface area (Å²) >= 11 is 1.67. The maximum atomic E-state index is 13.6. The number of nitrogens with zero attached hydrogens (tertiary/aromatic N) is 1. The minimum atomic E-state index is -0.375. The smallest absolute Gasteiger partial charge is 0.277 e. The molecule has 5 rings (SSSR count). The standard InChI is InChI=1S/C25H25N3O2S/c1-25(2)13-18-21(19(29)14-25)20(15-9-11-17(31-3)12-10-15)22-23(26-18)27-28(24(22)30)16-7-5-4-6-8-16/h4-12,20,26-27H,13-14H2,1-3H3/t20-/m0/s1. The lowest BCUT2D eigenvalue weighted by molar-refractivity contribution is -0.118. The van der Waals surface area contributed by atoms with Gasteiger partial charge in [0, 0.05) is 28.5 Å². The number of fused-ring (bicyclic) bond motifs is 1. The van der Waals surface area contributed by atoms with Gasteiger partial charge in [0.15, 0.2) is 5.78 Å². The maximum absolute atomic E-state index is 13.6. The van der Waals surface area contributed by atoms with Crippen LogP contribution in [0.25, 0.3) is 5.69 Å². The minimum absolute atomic E-state index is 0.115. The molecule has 0 saturated carbocycles. The zero-order valence-corrected chi connectivity index (χ0v) is 18.7. The van der Waals surface area contributed by atoms with Gasteiger partial charge in [-0.1, -0.05) is 44.2 Å². The molecule has 1 atom stereocenters. The number of para-hydroxylation sites is 1. The molecule has 5 nitrogen and oxygen atoms in total. The molecule has 2 heterocycles. The molecule has 2 aromatic carbocycles. The third kappa shape index (κ3) is 3.35. The number of nitrogens with one attached hydrogen (secondary N) is 2. The molecule has 0 radical (unpaired) electrons. The van der Waals surface area contributed by atoms with E-state index < -0.39 is 0 Å². The normalized spacial score (nSPS) is 19.6. The number of benzene rings is 2. The van der Waals surface area contributed by atoms with E-state index in [1.54, 1.807) is 16.4 Å². The highest BCUT2D eigenvalue weighted by molar-refractivity contribution is 7.98. The molecular weight excluding hydrogens is 406 g/mol. The zero-order chi connectivity index (χ0) is 21.8. The fourth-order valence-corrected chi connectivity index (χ4v) is 5.19. The number of aromatic amines is 1. The highest BCUT2D eigenvalue weighted by atomic mass is 32.2. The van der Waals surface area contributed by atoms with Crippen molar-refractivity contribution in [1.82, 2.24) is 9.78 Å². The Morgan fingerprint density at radius 2 is 1.71 bits per heavy atom. The molecule has 0 spiro atoms. The van der Waals surface area contributed by atoms with Crippen LogP contribution < -0.4 is 10.9 Å². The number of hydrogen-bond acceptors (Lipinski definition) is 4. The van der Waals surface area contributed by atoms with Crippen molar-refractivity contribution in [3.63, 3.8) is 0 Å². The van der Waals surface area contributed by atoms with E-state index in [2.05, 4.69) is 36.4 Å². The van der Waals surface area contributed by atoms with E-state index in [4.69, 9.17) is 0 Å². The molecule has 1 aliphatic heterocycles. The average molecular weight is 432 g/mol. The van der Waals surface area contributed by atoms with Crippen molar-refractivity contribution in [2.75, 3.05) is 11.6 Å². The third-order valence-electron chi connectivity index (χ3n) is 6.16. The summed E-state index contributed by atoms with van der Waals surface area (Å²) in [5.74, 6) is 0.423. The summed E-state index contributed by atoms with van der Waals surface area (Å²) in [6.45, 7) is 4.23. The fraction of sp³-hybridized carbons (Fsp3) is 0.280. The Morgan fingerprint density at radius 3 is 2.39 bits per heavy atom. The summed E-state index contributed by atoms with van der Waals surface area (Å²) in [6, 6.07) is 17.7. The molecule has 0 fully saturated rings. The number of aromatic nitrogens is 2. The largest absolute Gasteiger partial charge is 0.343 e. The van der Waals surface area contributed by atoms with Crippen molar-refractivity contribution in [2.45, 2.75) is 37.5 Å². The van der Waals surface area contributed by atoms with Crippen LogP contribution in [-0.2, 0) is 4.79 Å². The highest BCUT2D eigenvalue weighted by Gasteiger charge is 2.42. The van der Waals surface area contributed by atoms with Crippen molar-refractivity contribution in [1.29, 1.82) is 0 Å². The Bertz CT molecular complexity index is 1250. The van der Waals surface area contributed by atoms with E-state index in [0.29, 0.717) is 17.8 Å². The molecule has 0 unspecified atom stereocenters. The predicted molar refractivity (Wildman–Crippen MR) is 125 cm³/mol. The van der Waals surface area contributed by atoms with E-state index >= 15 is 0 Å². The highest BCUT2D eigenvalue weighted by Crippen LogP contribution is 2.47. The van der Waals surface area contributed by atoms with Gasteiger partial charge in [-0.25, -0.2) is 4.68 Å². The Kier molecular flexibility index (Phi) is 4.70. The molecule has 0 bridgehead atoms. The lowest BCUT2D eigenvalue weighted by Crippen LogP contribution is -2.35. The SMILES string of the molecule is CSc1ccc([C@H]2C3=C(CC(C)(C)CC3=O)Nc3[nH]n(-c4ccccc4)c(=O)c32)cc1. The van der Waals surface area contributed by atoms with Gasteiger partial charge in [0.25, 0.3) is 5.56 Å². The third-order valence-corrected chi connectivity index (χ3v) is 6.91. The van der Waals surface area contributed by atoms with Crippen LogP contribution >= 0.6 is 11.8 Å². The molecule has 1 aromatic heterocycles. The molecule has 6 heteroatoms. The van der Waals surface area contributed by atoms with Crippen molar-refractivity contribution in [3.05, 3.63) is 87.3 Å². The van der Waals surface area contributed by atoms with Crippen LogP contribution in [-0.4, -0.2) is 21.8 Å². The second kappa shape index (κ2) is 7.31. The number of rotatable bonds is 3. The van der Waals surface area contributed by atoms with Gasteiger partial charge in [-0.05, 0) is 47.9 Å². The fourth-order valence-electron chi connectivity index (χ4n) is 4.78. The first-order valence-electron chi connectivity index (χ1n) is 10.5. The number of anilines is 1. The summed E-state index contributed by atoms with van der Waals surface area (Å²) in [4.78, 5) is 28.1. The Balaban J connectivity index is 1.73. The number of ketones is 1. The maximum Gasteiger partial charge on any atom is 0.277 e. The van der Waals surface area contributed by atoms with Crippen molar-refractivity contribution in [3.8, 4) is 5.69 Å². The van der Waals surface area contributed by atoms with Gasteiger partial charge in [-0.2, -0.15) is 0 Å². The molecule has 2 aliphatic rings. The lowest BCUT2D eigenvalue weighted by atomic mass is 9.69. The average Bonchev–Trinajstić information content (AvgIpc) is 3.08. The molecule has 31 heavy (non-hydrogen) atoms. The van der Waals surface area contributed by atoms with Crippen molar-refractivity contribution < 1.29 is 4.79 Å². The number of hydrogen-bond donors (Lipinski definition) is 2. The first-order valence-corrected chi connectivity index (χ1v) is 11.7. The monoisotopic (exact) mass is 431 g/mol. The van der Waals surface area contributed by atoms with Gasteiger partial charge in [0.05, 0.1) is 11.3 Å². The molecule has 0 saturated heterocycles. The van der Waals surface area contributed by atoms with E-state index in [9.17, 15) is 9.59 Å². The number of thioether (sulfide) groups is 1. The molecular formula is C25H25N3O2S. The summed E-state index contributed by atoms with van der Waals surface area (Å²) in [7, 11) is 0. The van der Waals surface area contributed by atoms with Gasteiger partial charge in [-0.15, -0.1) is 11.8 Å². The number of carbonyl (C=O) groups is 1. The summed E-state index contributed by atoms with van der Waals surface area (Å²) in [5.41, 5.74) is 3.76. The topological polar surface area (TPSA) is 66.9 Å². The van der Waals surface area contributed by atoms with E-state index in [-0.39, 0.29) is 22.7 Å². The molecule has 1 aliphatic carbocycles. The number of Topliss-reactive ketones (excluding diaryl/α,β-unsaturated/α-hetero) is 1. The van der Waals surface area contributed by atoms with Gasteiger partial charge in [0.1, 0.15) is 5.82 Å². The van der Waals surface area contributed by atoms with Gasteiger partial charge >= 0.3 is 0 Å². The number of H-pyrrole nitrogens is 1. The second-order valence-electron chi connectivity index (χ2n) is 9.04. The van der Waals surface area contributed by atoms with Gasteiger partial charge in [-0.3, -0.25) is 14.7 Å². The Morgan fingerprint density at radius 1 is 1.00 bits per heavy atom. The summed E-state index contributed by atoms with van der Waals surface area (Å²) < 4.78 is 1.56. The first kappa shape index (κ1) is 19.9. The van der Waals surface area contributed by atoms with E-state index in [0.717, 1.165) is 33.8 Å². The number of allylic oxidation sites excluding steroid dienone is 2. The van der Waals surface area contributed by atoms with Crippen LogP contribution in [0.4, 0.5) is 5.82 Å². The van der Waals surface area contributed by atoms with E-state index in [1.807, 2.05) is 48.7 Å². The summed E-state index contributed by atoms with van der Waals surface area (Å²) in [6.07, 6.45) is 3.29. The van der Waals surface area contributed by atoms with Gasteiger partial charge < -0.3 is 5.32 Å². The van der Waals surface area contributed by atoms with Crippen LogP contribution in [0.1, 0.15) is 43.7 Å². The van der Waals surface area contributed by atoms with E-state index in [1.165, 1.54) is 0 Å². The predicted octanol–water partition coefficient (Wildman–Crippen LogP) is 5.09. The lowest BCUT2D eigenvalue weighted by Gasteiger charge is -2.37.